The van der Waals surface area contributed by atoms with Crippen molar-refractivity contribution in [3.8, 4) is 0 Å². The van der Waals surface area contributed by atoms with E-state index in [1.54, 1.807) is 0 Å². The van der Waals surface area contributed by atoms with Crippen molar-refractivity contribution in [1.82, 2.24) is 4.90 Å². The van der Waals surface area contributed by atoms with Crippen LogP contribution in [0.25, 0.3) is 0 Å². The average molecular weight is 508 g/mol. The number of hydrogen-bond acceptors (Lipinski definition) is 3. The second kappa shape index (κ2) is 28.9. The lowest BCUT2D eigenvalue weighted by Crippen LogP contribution is -2.31. The molecule has 0 rings (SSSR count). The number of aliphatic hydroxyl groups is 1. The van der Waals surface area contributed by atoms with Crippen LogP contribution in [0.2, 0.25) is 0 Å². The Hall–Kier alpha value is -0.640. The number of nitrogens with zero attached hydrogens (tertiary/aromatic N) is 1. The van der Waals surface area contributed by atoms with Gasteiger partial charge in [-0.3, -0.25) is 4.90 Å². The van der Waals surface area contributed by atoms with Crippen LogP contribution in [0.5, 0.6) is 0 Å². The zero-order valence-corrected chi connectivity index (χ0v) is 25.0. The summed E-state index contributed by atoms with van der Waals surface area (Å²) in [4.78, 5) is 1.92. The second-order valence-electron chi connectivity index (χ2n) is 11.1. The summed E-state index contributed by atoms with van der Waals surface area (Å²) in [5.41, 5.74) is 0. The molecule has 0 spiro atoms. The molecule has 36 heavy (non-hydrogen) atoms. The van der Waals surface area contributed by atoms with Gasteiger partial charge in [-0.15, -0.1) is 0 Å². The van der Waals surface area contributed by atoms with E-state index in [1.165, 1.54) is 122 Å². The maximum atomic E-state index is 10.3. The number of unbranched alkanes of at least 4 members (excludes halogenated alkanes) is 15. The van der Waals surface area contributed by atoms with E-state index in [-0.39, 0.29) is 6.23 Å². The molecule has 0 bridgehead atoms. The highest BCUT2D eigenvalue weighted by Crippen LogP contribution is 2.19. The predicted octanol–water partition coefficient (Wildman–Crippen LogP) is 9.84. The first kappa shape index (κ1) is 35.4. The zero-order valence-electron chi connectivity index (χ0n) is 25.0. The van der Waals surface area contributed by atoms with Crippen LogP contribution in [0.1, 0.15) is 149 Å². The highest BCUT2D eigenvalue weighted by molar-refractivity contribution is 4.92. The Morgan fingerprint density at radius 2 is 1.14 bits per heavy atom. The first-order chi connectivity index (χ1) is 17.6. The number of aliphatic hydroxyl groups excluding tert-OH is 1. The maximum Gasteiger partial charge on any atom is 0.107 e. The van der Waals surface area contributed by atoms with Crippen LogP contribution in [-0.4, -0.2) is 43.5 Å². The van der Waals surface area contributed by atoms with Gasteiger partial charge in [0.15, 0.2) is 0 Å². The Balaban J connectivity index is 3.70. The Morgan fingerprint density at radius 1 is 0.639 bits per heavy atom. The van der Waals surface area contributed by atoms with E-state index in [0.717, 1.165) is 26.1 Å². The van der Waals surface area contributed by atoms with Gasteiger partial charge in [-0.2, -0.15) is 0 Å². The van der Waals surface area contributed by atoms with Crippen molar-refractivity contribution in [1.29, 1.82) is 0 Å². The molecule has 0 saturated carbocycles. The van der Waals surface area contributed by atoms with Crippen LogP contribution in [0.4, 0.5) is 0 Å². The standard InChI is InChI=1S/C33H65NO2/c1-5-7-9-11-13-14-15-16-17-18-19-20-21-23-25-27-29-36-31-32(30-33(35)34(3)4)28-26-24-22-12-10-8-6-2/h13-14,16-17,32-33,35H,5-12,15,18-31H2,1-4H3/b14-13-,17-16-. The molecule has 2 atom stereocenters. The molecule has 3 nitrogen and oxygen atoms in total. The summed E-state index contributed by atoms with van der Waals surface area (Å²) in [6, 6.07) is 0. The normalized spacial score (nSPS) is 13.9. The largest absolute Gasteiger partial charge is 0.381 e. The Bertz CT molecular complexity index is 474. The van der Waals surface area contributed by atoms with Crippen LogP contribution in [0.3, 0.4) is 0 Å². The molecule has 0 aromatic rings. The molecule has 0 aliphatic carbocycles. The summed E-state index contributed by atoms with van der Waals surface area (Å²) in [6.07, 6.45) is 35.8. The smallest absolute Gasteiger partial charge is 0.107 e. The lowest BCUT2D eigenvalue weighted by atomic mass is 9.96. The molecular formula is C33H65NO2. The van der Waals surface area contributed by atoms with Gasteiger partial charge >= 0.3 is 0 Å². The van der Waals surface area contributed by atoms with Crippen molar-refractivity contribution < 1.29 is 9.84 Å². The fourth-order valence-electron chi connectivity index (χ4n) is 4.61. The van der Waals surface area contributed by atoms with Crippen molar-refractivity contribution in [3.05, 3.63) is 24.3 Å². The summed E-state index contributed by atoms with van der Waals surface area (Å²) in [5.74, 6) is 0.475. The Kier molecular flexibility index (Phi) is 28.4. The summed E-state index contributed by atoms with van der Waals surface area (Å²) in [7, 11) is 3.92. The molecule has 0 aromatic heterocycles. The van der Waals surface area contributed by atoms with Crippen LogP contribution in [0, 0.1) is 5.92 Å². The van der Waals surface area contributed by atoms with Crippen molar-refractivity contribution in [3.63, 3.8) is 0 Å². The number of allylic oxidation sites excluding steroid dienone is 4. The van der Waals surface area contributed by atoms with Gasteiger partial charge < -0.3 is 9.84 Å². The highest BCUT2D eigenvalue weighted by Gasteiger charge is 2.16. The minimum atomic E-state index is -0.356. The minimum absolute atomic E-state index is 0.356. The molecule has 0 radical (unpaired) electrons. The van der Waals surface area contributed by atoms with Gasteiger partial charge in [-0.05, 0) is 71.4 Å². The van der Waals surface area contributed by atoms with E-state index in [2.05, 4.69) is 38.2 Å². The quantitative estimate of drug-likeness (QED) is 0.0649. The maximum absolute atomic E-state index is 10.3. The second-order valence-corrected chi connectivity index (χ2v) is 11.1. The van der Waals surface area contributed by atoms with Crippen molar-refractivity contribution in [2.75, 3.05) is 27.3 Å². The third-order valence-electron chi connectivity index (χ3n) is 7.20. The van der Waals surface area contributed by atoms with Crippen LogP contribution in [-0.2, 0) is 4.74 Å². The SMILES string of the molecule is CCCCC/C=C\C/C=C\CCCCCCCCOCC(CCCCCCCCC)CC(O)N(C)C. The van der Waals surface area contributed by atoms with Gasteiger partial charge in [0, 0.05) is 13.2 Å². The fourth-order valence-corrected chi connectivity index (χ4v) is 4.61. The van der Waals surface area contributed by atoms with E-state index in [9.17, 15) is 5.11 Å². The molecule has 0 fully saturated rings. The van der Waals surface area contributed by atoms with Crippen LogP contribution in [0.15, 0.2) is 24.3 Å². The first-order valence-electron chi connectivity index (χ1n) is 15.8. The first-order valence-corrected chi connectivity index (χ1v) is 15.8. The predicted molar refractivity (Wildman–Crippen MR) is 161 cm³/mol. The van der Waals surface area contributed by atoms with E-state index in [4.69, 9.17) is 4.74 Å². The molecule has 3 heteroatoms. The molecule has 0 heterocycles. The monoisotopic (exact) mass is 508 g/mol. The third-order valence-corrected chi connectivity index (χ3v) is 7.20. The summed E-state index contributed by atoms with van der Waals surface area (Å²) in [6.45, 7) is 6.22. The average Bonchev–Trinajstić information content (AvgIpc) is 2.87. The molecule has 214 valence electrons. The molecular weight excluding hydrogens is 442 g/mol. The molecule has 0 aromatic carbocycles. The summed E-state index contributed by atoms with van der Waals surface area (Å²) < 4.78 is 6.06. The van der Waals surface area contributed by atoms with Crippen LogP contribution < -0.4 is 0 Å². The van der Waals surface area contributed by atoms with Crippen LogP contribution >= 0.6 is 0 Å². The van der Waals surface area contributed by atoms with Gasteiger partial charge in [-0.1, -0.05) is 122 Å². The fraction of sp³-hybridized carbons (Fsp3) is 0.879. The topological polar surface area (TPSA) is 32.7 Å². The number of ether oxygens (including phenoxy) is 1. The summed E-state index contributed by atoms with van der Waals surface area (Å²) in [5, 5.41) is 10.3. The molecule has 0 aliphatic rings. The minimum Gasteiger partial charge on any atom is -0.381 e. The molecule has 0 amide bonds. The molecule has 0 aliphatic heterocycles. The van der Waals surface area contributed by atoms with Gasteiger partial charge in [0.1, 0.15) is 6.23 Å². The van der Waals surface area contributed by atoms with Gasteiger partial charge in [0.05, 0.1) is 0 Å². The van der Waals surface area contributed by atoms with E-state index >= 15 is 0 Å². The van der Waals surface area contributed by atoms with Crippen molar-refractivity contribution in [2.24, 2.45) is 5.92 Å². The van der Waals surface area contributed by atoms with E-state index in [1.807, 2.05) is 19.0 Å². The van der Waals surface area contributed by atoms with Gasteiger partial charge in [0.2, 0.25) is 0 Å². The third kappa shape index (κ3) is 26.4. The van der Waals surface area contributed by atoms with E-state index in [0.29, 0.717) is 5.92 Å². The molecule has 1 N–H and O–H groups in total. The Morgan fingerprint density at radius 3 is 1.75 bits per heavy atom. The van der Waals surface area contributed by atoms with Gasteiger partial charge in [0.25, 0.3) is 0 Å². The molecule has 2 unspecified atom stereocenters. The number of rotatable bonds is 28. The zero-order chi connectivity index (χ0) is 26.5. The Labute approximate surface area is 227 Å². The summed E-state index contributed by atoms with van der Waals surface area (Å²) >= 11 is 0. The van der Waals surface area contributed by atoms with Gasteiger partial charge in [-0.25, -0.2) is 0 Å². The lowest BCUT2D eigenvalue weighted by molar-refractivity contribution is -0.00105. The number of hydrogen-bond donors (Lipinski definition) is 1. The lowest BCUT2D eigenvalue weighted by Gasteiger charge is -2.24. The van der Waals surface area contributed by atoms with Crippen molar-refractivity contribution in [2.45, 2.75) is 155 Å². The van der Waals surface area contributed by atoms with Crippen molar-refractivity contribution >= 4 is 0 Å². The highest BCUT2D eigenvalue weighted by atomic mass is 16.5. The molecule has 0 saturated heterocycles. The van der Waals surface area contributed by atoms with E-state index < -0.39 is 0 Å².